The molecule has 2 nitrogen and oxygen atoms in total. The lowest BCUT2D eigenvalue weighted by atomic mass is 9.89. The number of nitrogens with one attached hydrogen (secondary N) is 1. The summed E-state index contributed by atoms with van der Waals surface area (Å²) < 4.78 is 0. The van der Waals surface area contributed by atoms with Crippen LogP contribution in [-0.2, 0) is 4.79 Å². The summed E-state index contributed by atoms with van der Waals surface area (Å²) in [6.45, 7) is 3.09. The fourth-order valence-electron chi connectivity index (χ4n) is 2.27. The quantitative estimate of drug-likeness (QED) is 0.671. The molecule has 1 saturated carbocycles. The van der Waals surface area contributed by atoms with E-state index in [9.17, 15) is 4.79 Å². The maximum atomic E-state index is 11.4. The van der Waals surface area contributed by atoms with Gasteiger partial charge in [0.2, 0.25) is 5.91 Å². The van der Waals surface area contributed by atoms with Crippen molar-refractivity contribution >= 4 is 5.91 Å². The molecule has 1 aliphatic carbocycles. The molecule has 1 amide bonds. The van der Waals surface area contributed by atoms with E-state index in [-0.39, 0.29) is 5.91 Å². The van der Waals surface area contributed by atoms with Crippen LogP contribution in [0.15, 0.2) is 0 Å². The minimum atomic E-state index is 0.258. The maximum Gasteiger partial charge on any atom is 0.220 e. The second-order valence-electron chi connectivity index (χ2n) is 4.77. The van der Waals surface area contributed by atoms with E-state index in [1.165, 1.54) is 44.9 Å². The van der Waals surface area contributed by atoms with E-state index >= 15 is 0 Å². The van der Waals surface area contributed by atoms with Gasteiger partial charge in [-0.25, -0.2) is 0 Å². The minimum Gasteiger partial charge on any atom is -0.356 e. The molecule has 1 N–H and O–H groups in total. The molecular weight excluding hydrogens is 186 g/mol. The van der Waals surface area contributed by atoms with Crippen molar-refractivity contribution in [1.29, 1.82) is 0 Å². The van der Waals surface area contributed by atoms with Crippen molar-refractivity contribution < 1.29 is 4.79 Å². The number of hydrogen-bond donors (Lipinski definition) is 1. The molecule has 0 aromatic heterocycles. The van der Waals surface area contributed by atoms with Gasteiger partial charge in [-0.2, -0.15) is 0 Å². The Morgan fingerprint density at radius 2 is 1.93 bits per heavy atom. The Morgan fingerprint density at radius 3 is 2.60 bits per heavy atom. The first-order valence-corrected chi connectivity index (χ1v) is 6.59. The lowest BCUT2D eigenvalue weighted by Gasteiger charge is -2.21. The van der Waals surface area contributed by atoms with Crippen LogP contribution in [0.3, 0.4) is 0 Å². The Bertz CT molecular complexity index is 173. The molecule has 15 heavy (non-hydrogen) atoms. The van der Waals surface area contributed by atoms with E-state index in [2.05, 4.69) is 12.2 Å². The molecule has 88 valence electrons. The van der Waals surface area contributed by atoms with E-state index < -0.39 is 0 Å². The van der Waals surface area contributed by atoms with Crippen LogP contribution < -0.4 is 5.32 Å². The standard InChI is InChI=1S/C13H25NO/c1-2-3-5-10-13(15)14-11-12-8-6-4-7-9-12/h12H,2-11H2,1H3,(H,14,15). The molecule has 0 aromatic rings. The van der Waals surface area contributed by atoms with Crippen molar-refractivity contribution in [3.05, 3.63) is 0 Å². The van der Waals surface area contributed by atoms with E-state index in [0.717, 1.165) is 25.3 Å². The van der Waals surface area contributed by atoms with Gasteiger partial charge in [-0.15, -0.1) is 0 Å². The monoisotopic (exact) mass is 211 g/mol. The summed E-state index contributed by atoms with van der Waals surface area (Å²) in [6.07, 6.45) is 10.9. The highest BCUT2D eigenvalue weighted by Gasteiger charge is 2.13. The minimum absolute atomic E-state index is 0.258. The predicted molar refractivity (Wildman–Crippen MR) is 63.7 cm³/mol. The Labute approximate surface area is 93.8 Å². The molecule has 1 aliphatic rings. The SMILES string of the molecule is CCCCCC(=O)NCC1CCCCC1. The summed E-state index contributed by atoms with van der Waals surface area (Å²) in [5, 5.41) is 3.07. The fourth-order valence-corrected chi connectivity index (χ4v) is 2.27. The Balaban J connectivity index is 2.00. The summed E-state index contributed by atoms with van der Waals surface area (Å²) in [7, 11) is 0. The van der Waals surface area contributed by atoms with Crippen LogP contribution in [0, 0.1) is 5.92 Å². The highest BCUT2D eigenvalue weighted by molar-refractivity contribution is 5.75. The van der Waals surface area contributed by atoms with Gasteiger partial charge in [-0.1, -0.05) is 39.0 Å². The van der Waals surface area contributed by atoms with Crippen LogP contribution >= 0.6 is 0 Å². The van der Waals surface area contributed by atoms with Crippen LogP contribution in [0.2, 0.25) is 0 Å². The zero-order chi connectivity index (χ0) is 10.9. The predicted octanol–water partition coefficient (Wildman–Crippen LogP) is 3.26. The zero-order valence-electron chi connectivity index (χ0n) is 10.1. The van der Waals surface area contributed by atoms with E-state index in [0.29, 0.717) is 0 Å². The normalized spacial score (nSPS) is 17.7. The first-order valence-electron chi connectivity index (χ1n) is 6.59. The average molecular weight is 211 g/mol. The summed E-state index contributed by atoms with van der Waals surface area (Å²) in [6, 6.07) is 0. The van der Waals surface area contributed by atoms with Gasteiger partial charge in [-0.3, -0.25) is 4.79 Å². The van der Waals surface area contributed by atoms with Crippen LogP contribution in [0.25, 0.3) is 0 Å². The molecule has 0 unspecified atom stereocenters. The molecular formula is C13H25NO. The van der Waals surface area contributed by atoms with Gasteiger partial charge in [0.05, 0.1) is 0 Å². The smallest absolute Gasteiger partial charge is 0.220 e. The van der Waals surface area contributed by atoms with Crippen LogP contribution in [0.4, 0.5) is 0 Å². The molecule has 0 bridgehead atoms. The summed E-state index contributed by atoms with van der Waals surface area (Å²) in [5.41, 5.74) is 0. The summed E-state index contributed by atoms with van der Waals surface area (Å²) in [4.78, 5) is 11.4. The number of unbranched alkanes of at least 4 members (excludes halogenated alkanes) is 2. The van der Waals surface area contributed by atoms with Gasteiger partial charge >= 0.3 is 0 Å². The first kappa shape index (κ1) is 12.5. The third-order valence-corrected chi connectivity index (χ3v) is 3.32. The molecule has 2 heteroatoms. The third-order valence-electron chi connectivity index (χ3n) is 3.32. The number of carbonyl (C=O) groups is 1. The van der Waals surface area contributed by atoms with Gasteiger partial charge in [0.1, 0.15) is 0 Å². The van der Waals surface area contributed by atoms with Crippen molar-refractivity contribution in [3.63, 3.8) is 0 Å². The number of carbonyl (C=O) groups excluding carboxylic acids is 1. The first-order chi connectivity index (χ1) is 7.33. The van der Waals surface area contributed by atoms with E-state index in [1.54, 1.807) is 0 Å². The molecule has 0 heterocycles. The lowest BCUT2D eigenvalue weighted by Crippen LogP contribution is -2.29. The van der Waals surface area contributed by atoms with Crippen molar-refractivity contribution in [1.82, 2.24) is 5.32 Å². The molecule has 0 radical (unpaired) electrons. The Morgan fingerprint density at radius 1 is 1.20 bits per heavy atom. The number of rotatable bonds is 6. The molecule has 0 saturated heterocycles. The van der Waals surface area contributed by atoms with Crippen LogP contribution in [0.5, 0.6) is 0 Å². The van der Waals surface area contributed by atoms with Gasteiger partial charge in [0.25, 0.3) is 0 Å². The molecule has 1 fully saturated rings. The van der Waals surface area contributed by atoms with Gasteiger partial charge in [0.15, 0.2) is 0 Å². The second kappa shape index (κ2) is 7.72. The Kier molecular flexibility index (Phi) is 6.45. The lowest BCUT2D eigenvalue weighted by molar-refractivity contribution is -0.121. The number of amides is 1. The van der Waals surface area contributed by atoms with Crippen LogP contribution in [-0.4, -0.2) is 12.5 Å². The van der Waals surface area contributed by atoms with Gasteiger partial charge in [-0.05, 0) is 25.2 Å². The van der Waals surface area contributed by atoms with Gasteiger partial charge in [0, 0.05) is 13.0 Å². The van der Waals surface area contributed by atoms with Crippen molar-refractivity contribution in [2.75, 3.05) is 6.54 Å². The number of hydrogen-bond acceptors (Lipinski definition) is 1. The summed E-state index contributed by atoms with van der Waals surface area (Å²) in [5.74, 6) is 1.02. The second-order valence-corrected chi connectivity index (χ2v) is 4.77. The fraction of sp³-hybridized carbons (Fsp3) is 0.923. The molecule has 0 spiro atoms. The Hall–Kier alpha value is -0.530. The van der Waals surface area contributed by atoms with Crippen molar-refractivity contribution in [2.24, 2.45) is 5.92 Å². The molecule has 0 aromatic carbocycles. The van der Waals surface area contributed by atoms with Crippen molar-refractivity contribution in [2.45, 2.75) is 64.7 Å². The third kappa shape index (κ3) is 5.81. The largest absolute Gasteiger partial charge is 0.356 e. The highest BCUT2D eigenvalue weighted by atomic mass is 16.1. The van der Waals surface area contributed by atoms with Gasteiger partial charge < -0.3 is 5.32 Å². The van der Waals surface area contributed by atoms with E-state index in [4.69, 9.17) is 0 Å². The topological polar surface area (TPSA) is 29.1 Å². The molecule has 1 rings (SSSR count). The van der Waals surface area contributed by atoms with Crippen LogP contribution in [0.1, 0.15) is 64.7 Å². The average Bonchev–Trinajstić information content (AvgIpc) is 2.28. The zero-order valence-corrected chi connectivity index (χ0v) is 10.1. The van der Waals surface area contributed by atoms with Crippen molar-refractivity contribution in [3.8, 4) is 0 Å². The molecule has 0 aliphatic heterocycles. The summed E-state index contributed by atoms with van der Waals surface area (Å²) >= 11 is 0. The maximum absolute atomic E-state index is 11.4. The van der Waals surface area contributed by atoms with E-state index in [1.807, 2.05) is 0 Å². The molecule has 0 atom stereocenters. The highest BCUT2D eigenvalue weighted by Crippen LogP contribution is 2.22.